The van der Waals surface area contributed by atoms with Gasteiger partial charge in [0.2, 0.25) is 0 Å². The van der Waals surface area contributed by atoms with E-state index in [1.807, 2.05) is 0 Å². The van der Waals surface area contributed by atoms with E-state index in [9.17, 15) is 85.6 Å². The molecule has 0 spiro atoms. The number of fused-ring (bicyclic) bond motifs is 20. The van der Waals surface area contributed by atoms with Gasteiger partial charge in [-0.05, 0) is 98.5 Å². The Balaban J connectivity index is 1.35. The van der Waals surface area contributed by atoms with Gasteiger partial charge >= 0.3 is 0 Å². The molecule has 28 nitrogen and oxygen atoms in total. The van der Waals surface area contributed by atoms with Crippen molar-refractivity contribution in [2.75, 3.05) is 46.0 Å². The molecule has 2 aliphatic rings. The average Bonchev–Trinajstić information content (AvgIpc) is 4.08. The Bertz CT molecular complexity index is 4610. The van der Waals surface area contributed by atoms with Crippen LogP contribution < -0.4 is 0 Å². The quantitative estimate of drug-likeness (QED) is 0.0597. The fourth-order valence-corrected chi connectivity index (χ4v) is 16.8. The molecule has 8 bridgehead atoms. The molecule has 0 radical (unpaired) electrons. The first-order valence-corrected chi connectivity index (χ1v) is 36.2. The molecule has 2 aliphatic heterocycles. The van der Waals surface area contributed by atoms with Gasteiger partial charge < -0.3 is 9.97 Å². The SMILES string of the molecule is O=S(=O)(O)CCCS(=O)(=O)c1ccc2c(c1)-c1nc-2nc2[nH]c(nc3nc(nc4[nH]c(n1)c1ccc(S(=O)(=O)CCCS(=O)(=O)O)cc41)-c1ccc(S(=O)(=O)CCCS(=O)(=O)O)cc1-3)c1ccc(S(=O)(=O)CCCS(=O)(=O)O)cc21. The minimum atomic E-state index is -4.54. The highest BCUT2D eigenvalue weighted by Crippen LogP contribution is 2.40. The summed E-state index contributed by atoms with van der Waals surface area (Å²) in [6, 6.07) is 14.7. The van der Waals surface area contributed by atoms with E-state index in [0.717, 1.165) is 0 Å². The first-order valence-electron chi connectivity index (χ1n) is 23.2. The fourth-order valence-electron chi connectivity index (χ4n) is 8.68. The third-order valence-corrected chi connectivity index (χ3v) is 22.8. The maximum atomic E-state index is 13.7. The largest absolute Gasteiger partial charge is 0.324 e. The molecule has 0 fully saturated rings. The van der Waals surface area contributed by atoms with Gasteiger partial charge in [-0.3, -0.25) is 18.2 Å². The molecule has 4 aromatic carbocycles. The van der Waals surface area contributed by atoms with Gasteiger partial charge in [-0.15, -0.1) is 0 Å². The number of sulfone groups is 4. The van der Waals surface area contributed by atoms with Crippen LogP contribution in [-0.2, 0) is 79.8 Å². The molecular formula is C44H42N8O20S8. The van der Waals surface area contributed by atoms with Crippen LogP contribution in [0.25, 0.3) is 89.7 Å². The summed E-state index contributed by atoms with van der Waals surface area (Å²) in [5.41, 5.74) is -0.197. The van der Waals surface area contributed by atoms with Crippen LogP contribution >= 0.6 is 0 Å². The molecule has 6 N–H and O–H groups in total. The lowest BCUT2D eigenvalue weighted by atomic mass is 10.1. The van der Waals surface area contributed by atoms with E-state index in [-0.39, 0.29) is 109 Å². The summed E-state index contributed by atoms with van der Waals surface area (Å²) in [4.78, 5) is 33.0. The minimum Gasteiger partial charge on any atom is -0.324 e. The number of nitrogens with one attached hydrogen (secondary N) is 2. The number of aromatic nitrogens is 8. The number of hydrogen-bond donors (Lipinski definition) is 6. The van der Waals surface area contributed by atoms with Gasteiger partial charge in [0, 0.05) is 43.8 Å². The van der Waals surface area contributed by atoms with Crippen molar-refractivity contribution >= 4 is 124 Å². The highest BCUT2D eigenvalue weighted by molar-refractivity contribution is 7.92. The van der Waals surface area contributed by atoms with Gasteiger partial charge in [-0.25, -0.2) is 63.6 Å². The first-order chi connectivity index (χ1) is 37.0. The number of nitrogens with zero attached hydrogens (tertiary/aromatic N) is 6. The number of benzene rings is 4. The summed E-state index contributed by atoms with van der Waals surface area (Å²) in [5.74, 6) is -7.22. The van der Waals surface area contributed by atoms with Gasteiger partial charge in [0.1, 0.15) is 22.6 Å². The molecule has 426 valence electrons. The van der Waals surface area contributed by atoms with Crippen molar-refractivity contribution < 1.29 is 85.6 Å². The molecule has 0 unspecified atom stereocenters. The van der Waals surface area contributed by atoms with Crippen molar-refractivity contribution in [2.45, 2.75) is 45.3 Å². The van der Waals surface area contributed by atoms with Crippen LogP contribution in [0.2, 0.25) is 0 Å². The second-order valence-corrected chi connectivity index (χ2v) is 33.0. The van der Waals surface area contributed by atoms with E-state index in [0.29, 0.717) is 0 Å². The monoisotopic (exact) mass is 1260 g/mol. The standard InChI is InChI=1S/C44H42N8O20S8/c53-73(54,13-1-17-77(61,62)63)25-5-9-29-33(21-25)41-45-37(29)50-42-35-23-27(75(57,58)15-3-19-79(67,68)69)7-11-31(35)39(47-42)52-44-36-24-28(76(59,60)16-4-20-80(70,71)72)8-12-32(36)40(48-44)51-43-34-22-26(6-10-30(34)38(46-43)49-41)74(55,56)14-2-18-78(64,65)66/h5-12,21-24H,1-4,13-20H2,(H,61,62,63)(H,64,65,66)(H,67,68,69)(H,70,71,72)(H2,45,46,47,48,49,50,51,52). The van der Waals surface area contributed by atoms with E-state index in [1.54, 1.807) is 0 Å². The van der Waals surface area contributed by atoms with Crippen LogP contribution in [0.1, 0.15) is 25.7 Å². The molecule has 0 amide bonds. The highest BCUT2D eigenvalue weighted by atomic mass is 32.2. The van der Waals surface area contributed by atoms with Crippen molar-refractivity contribution in [2.24, 2.45) is 0 Å². The molecule has 36 heteroatoms. The lowest BCUT2D eigenvalue weighted by molar-refractivity contribution is 0.479. The molecule has 0 atom stereocenters. The van der Waals surface area contributed by atoms with Crippen molar-refractivity contribution in [3.05, 3.63) is 72.8 Å². The Morgan fingerprint density at radius 1 is 0.287 bits per heavy atom. The molecule has 80 heavy (non-hydrogen) atoms. The van der Waals surface area contributed by atoms with Gasteiger partial charge in [0.25, 0.3) is 40.5 Å². The van der Waals surface area contributed by atoms with Gasteiger partial charge in [-0.1, -0.05) is 0 Å². The van der Waals surface area contributed by atoms with Gasteiger partial charge in [0.05, 0.1) is 65.6 Å². The van der Waals surface area contributed by atoms with Crippen LogP contribution in [0.4, 0.5) is 0 Å². The number of aromatic amines is 2. The van der Waals surface area contributed by atoms with Crippen LogP contribution in [0.3, 0.4) is 0 Å². The maximum Gasteiger partial charge on any atom is 0.264 e. The van der Waals surface area contributed by atoms with E-state index in [1.165, 1.54) is 72.8 Å². The van der Waals surface area contributed by atoms with Crippen LogP contribution in [0.15, 0.2) is 92.4 Å². The summed E-state index contributed by atoms with van der Waals surface area (Å²) in [6.07, 6.45) is -1.96. The molecule has 0 saturated carbocycles. The Hall–Kier alpha value is -6.32. The lowest BCUT2D eigenvalue weighted by Gasteiger charge is -2.06. The van der Waals surface area contributed by atoms with Crippen molar-refractivity contribution in [3.63, 3.8) is 0 Å². The van der Waals surface area contributed by atoms with E-state index in [2.05, 4.69) is 19.9 Å². The molecular weight excluding hydrogens is 1220 g/mol. The van der Waals surface area contributed by atoms with E-state index in [4.69, 9.17) is 19.9 Å². The number of rotatable bonds is 20. The molecule has 0 saturated heterocycles. The molecule has 3 aromatic heterocycles. The van der Waals surface area contributed by atoms with Crippen molar-refractivity contribution in [1.29, 1.82) is 0 Å². The molecule has 7 aromatic rings. The third kappa shape index (κ3) is 13.0. The first kappa shape index (κ1) is 58.3. The van der Waals surface area contributed by atoms with E-state index >= 15 is 0 Å². The van der Waals surface area contributed by atoms with Gasteiger partial charge in [0.15, 0.2) is 62.6 Å². The van der Waals surface area contributed by atoms with Crippen LogP contribution in [0, 0.1) is 0 Å². The summed E-state index contributed by atoms with van der Waals surface area (Å²) >= 11 is 0. The average molecular weight is 1260 g/mol. The van der Waals surface area contributed by atoms with Gasteiger partial charge in [-0.2, -0.15) is 33.7 Å². The zero-order chi connectivity index (χ0) is 58.2. The smallest absolute Gasteiger partial charge is 0.264 e. The number of hydrogen-bond acceptors (Lipinski definition) is 22. The Kier molecular flexibility index (Phi) is 15.2. The van der Waals surface area contributed by atoms with Crippen molar-refractivity contribution in [3.8, 4) is 45.6 Å². The minimum absolute atomic E-state index is 0.0164. The van der Waals surface area contributed by atoms with Crippen LogP contribution in [-0.4, -0.2) is 171 Å². The Morgan fingerprint density at radius 3 is 0.825 bits per heavy atom. The number of H-pyrrole nitrogens is 2. The zero-order valence-corrected chi connectivity index (χ0v) is 47.2. The summed E-state index contributed by atoms with van der Waals surface area (Å²) in [5, 5.41) is 0.389. The molecule has 5 heterocycles. The molecule has 0 aliphatic carbocycles. The van der Waals surface area contributed by atoms with E-state index < -0.39 is 152 Å². The predicted octanol–water partition coefficient (Wildman–Crippen LogP) is 3.08. The normalized spacial score (nSPS) is 13.7. The second-order valence-electron chi connectivity index (χ2n) is 18.3. The summed E-state index contributed by atoms with van der Waals surface area (Å²) < 4.78 is 238. The second kappa shape index (κ2) is 20.9. The zero-order valence-electron chi connectivity index (χ0n) is 40.7. The van der Waals surface area contributed by atoms with Crippen LogP contribution in [0.5, 0.6) is 0 Å². The summed E-state index contributed by atoms with van der Waals surface area (Å²) in [7, 11) is -35.3. The maximum absolute atomic E-state index is 13.7. The van der Waals surface area contributed by atoms with Crippen molar-refractivity contribution in [1.82, 2.24) is 39.9 Å². The molecule has 9 rings (SSSR count). The Labute approximate surface area is 455 Å². The Morgan fingerprint density at radius 2 is 0.537 bits per heavy atom. The topological polar surface area (TPSA) is 463 Å². The lowest BCUT2D eigenvalue weighted by Crippen LogP contribution is -2.12. The fraction of sp³-hybridized carbons (Fsp3) is 0.273. The highest BCUT2D eigenvalue weighted by Gasteiger charge is 2.29. The predicted molar refractivity (Wildman–Crippen MR) is 288 cm³/mol. The summed E-state index contributed by atoms with van der Waals surface area (Å²) in [6.45, 7) is 0. The third-order valence-electron chi connectivity index (χ3n) is 12.4.